The maximum Gasteiger partial charge on any atom is 0.246 e. The van der Waals surface area contributed by atoms with Crippen LogP contribution >= 0.6 is 0 Å². The van der Waals surface area contributed by atoms with Gasteiger partial charge < -0.3 is 14.7 Å². The molecule has 1 unspecified atom stereocenters. The van der Waals surface area contributed by atoms with Crippen LogP contribution in [0.15, 0.2) is 42.5 Å². The van der Waals surface area contributed by atoms with Crippen LogP contribution in [-0.2, 0) is 4.79 Å². The fraction of sp³-hybridized carbons (Fsp3) is 0.435. The van der Waals surface area contributed by atoms with E-state index >= 15 is 0 Å². The average molecular weight is 410 g/mol. The van der Waals surface area contributed by atoms with Crippen LogP contribution in [-0.4, -0.2) is 59.8 Å². The van der Waals surface area contributed by atoms with Crippen LogP contribution in [0.1, 0.15) is 31.7 Å². The second-order valence-corrected chi connectivity index (χ2v) is 7.96. The molecule has 0 N–H and O–H groups in total. The minimum absolute atomic E-state index is 0.0987. The zero-order valence-electron chi connectivity index (χ0n) is 17.4. The number of piperazine rings is 1. The van der Waals surface area contributed by atoms with E-state index in [0.29, 0.717) is 37.8 Å². The first kappa shape index (κ1) is 20.3. The van der Waals surface area contributed by atoms with Crippen molar-refractivity contribution < 1.29 is 9.18 Å². The smallest absolute Gasteiger partial charge is 0.246 e. The summed E-state index contributed by atoms with van der Waals surface area (Å²) < 4.78 is 13.7. The van der Waals surface area contributed by atoms with Crippen LogP contribution in [0.5, 0.6) is 0 Å². The number of hydrogen-bond donors (Lipinski definition) is 0. The lowest BCUT2D eigenvalue weighted by atomic mass is 10.0. The molecule has 0 bridgehead atoms. The Kier molecular flexibility index (Phi) is 6.26. The Bertz CT molecular complexity index is 893. The number of nitrogens with zero attached hydrogens (tertiary/aromatic N) is 5. The Morgan fingerprint density at radius 3 is 2.43 bits per heavy atom. The number of anilines is 2. The maximum atomic E-state index is 13.7. The lowest BCUT2D eigenvalue weighted by molar-refractivity contribution is -0.126. The van der Waals surface area contributed by atoms with Gasteiger partial charge in [0.05, 0.1) is 0 Å². The first-order valence-corrected chi connectivity index (χ1v) is 10.7. The third kappa shape index (κ3) is 4.61. The molecule has 2 saturated heterocycles. The largest absolute Gasteiger partial charge is 0.352 e. The van der Waals surface area contributed by atoms with E-state index in [1.807, 2.05) is 6.07 Å². The maximum absolute atomic E-state index is 13.7. The second-order valence-electron chi connectivity index (χ2n) is 7.96. The summed E-state index contributed by atoms with van der Waals surface area (Å²) in [5, 5.41) is 8.90. The molecule has 30 heavy (non-hydrogen) atoms. The summed E-state index contributed by atoms with van der Waals surface area (Å²) in [6.07, 6.45) is 6.67. The highest BCUT2D eigenvalue weighted by Crippen LogP contribution is 2.23. The van der Waals surface area contributed by atoms with Gasteiger partial charge in [0.1, 0.15) is 5.82 Å². The Balaban J connectivity index is 1.32. The molecule has 3 heterocycles. The number of rotatable bonds is 4. The van der Waals surface area contributed by atoms with Crippen LogP contribution in [0.2, 0.25) is 0 Å². The summed E-state index contributed by atoms with van der Waals surface area (Å²) >= 11 is 0. The van der Waals surface area contributed by atoms with Crippen molar-refractivity contribution in [3.05, 3.63) is 53.9 Å². The number of carbonyl (C=O) groups is 1. The molecule has 1 aromatic carbocycles. The minimum atomic E-state index is -0.327. The molecule has 4 rings (SSSR count). The van der Waals surface area contributed by atoms with Gasteiger partial charge >= 0.3 is 0 Å². The summed E-state index contributed by atoms with van der Waals surface area (Å²) in [5.41, 5.74) is 0.419. The molecular weight excluding hydrogens is 381 g/mol. The number of piperidine rings is 1. The van der Waals surface area contributed by atoms with E-state index in [1.54, 1.807) is 23.1 Å². The fourth-order valence-corrected chi connectivity index (χ4v) is 4.11. The molecule has 2 aliphatic rings. The van der Waals surface area contributed by atoms with Gasteiger partial charge in [-0.25, -0.2) is 4.39 Å². The molecule has 1 atom stereocenters. The molecule has 1 amide bonds. The standard InChI is InChI=1S/C23H28FN5O/c1-18-6-4-5-13-29(18)22-11-10-21(25-26-22)27-14-16-28(17-15-27)23(30)12-9-19-7-2-3-8-20(19)24/h2-3,7-12,18H,4-6,13-17H2,1H3/b12-9+. The quantitative estimate of drug-likeness (QED) is 0.725. The highest BCUT2D eigenvalue weighted by molar-refractivity contribution is 5.92. The van der Waals surface area contributed by atoms with E-state index in [-0.39, 0.29) is 11.7 Å². The molecular formula is C23H28FN5O. The lowest BCUT2D eigenvalue weighted by Gasteiger charge is -2.36. The van der Waals surface area contributed by atoms with Gasteiger partial charge in [-0.05, 0) is 50.5 Å². The van der Waals surface area contributed by atoms with Crippen molar-refractivity contribution in [1.29, 1.82) is 0 Å². The first-order chi connectivity index (χ1) is 14.6. The van der Waals surface area contributed by atoms with Crippen molar-refractivity contribution in [2.45, 2.75) is 32.2 Å². The third-order valence-electron chi connectivity index (χ3n) is 5.96. The topological polar surface area (TPSA) is 52.6 Å². The van der Waals surface area contributed by atoms with Gasteiger partial charge in [0.25, 0.3) is 0 Å². The first-order valence-electron chi connectivity index (χ1n) is 10.7. The van der Waals surface area contributed by atoms with Gasteiger partial charge in [0.2, 0.25) is 5.91 Å². The van der Waals surface area contributed by atoms with Crippen molar-refractivity contribution in [2.75, 3.05) is 42.5 Å². The van der Waals surface area contributed by atoms with Crippen LogP contribution < -0.4 is 9.80 Å². The van der Waals surface area contributed by atoms with Crippen LogP contribution in [0.3, 0.4) is 0 Å². The number of aromatic nitrogens is 2. The molecule has 0 spiro atoms. The molecule has 7 heteroatoms. The summed E-state index contributed by atoms with van der Waals surface area (Å²) in [6, 6.07) is 11.0. The monoisotopic (exact) mass is 409 g/mol. The Morgan fingerprint density at radius 2 is 1.73 bits per heavy atom. The van der Waals surface area contributed by atoms with Crippen LogP contribution in [0.4, 0.5) is 16.0 Å². The summed E-state index contributed by atoms with van der Waals surface area (Å²) in [5.74, 6) is 1.36. The minimum Gasteiger partial charge on any atom is -0.352 e. The van der Waals surface area contributed by atoms with E-state index < -0.39 is 0 Å². The van der Waals surface area contributed by atoms with Gasteiger partial charge in [-0.2, -0.15) is 0 Å². The normalized spacial score (nSPS) is 20.1. The van der Waals surface area contributed by atoms with E-state index in [1.165, 1.54) is 37.5 Å². The number of hydrogen-bond acceptors (Lipinski definition) is 5. The van der Waals surface area contributed by atoms with Crippen molar-refractivity contribution in [1.82, 2.24) is 15.1 Å². The Morgan fingerprint density at radius 1 is 1.00 bits per heavy atom. The predicted octanol–water partition coefficient (Wildman–Crippen LogP) is 3.36. The zero-order valence-corrected chi connectivity index (χ0v) is 17.4. The average Bonchev–Trinajstić information content (AvgIpc) is 2.79. The molecule has 2 aromatic rings. The van der Waals surface area contributed by atoms with Crippen molar-refractivity contribution in [3.63, 3.8) is 0 Å². The van der Waals surface area contributed by atoms with Gasteiger partial charge in [0.15, 0.2) is 11.6 Å². The van der Waals surface area contributed by atoms with E-state index in [9.17, 15) is 9.18 Å². The third-order valence-corrected chi connectivity index (χ3v) is 5.96. The van der Waals surface area contributed by atoms with Gasteiger partial charge in [-0.1, -0.05) is 18.2 Å². The van der Waals surface area contributed by atoms with E-state index in [2.05, 4.69) is 33.0 Å². The second kappa shape index (κ2) is 9.24. The predicted molar refractivity (Wildman–Crippen MR) is 117 cm³/mol. The molecule has 2 aliphatic heterocycles. The van der Waals surface area contributed by atoms with Gasteiger partial charge in [-0.15, -0.1) is 10.2 Å². The van der Waals surface area contributed by atoms with E-state index in [0.717, 1.165) is 18.2 Å². The number of carbonyl (C=O) groups excluding carboxylic acids is 1. The summed E-state index contributed by atoms with van der Waals surface area (Å²) in [4.78, 5) is 18.7. The number of benzene rings is 1. The molecule has 0 aliphatic carbocycles. The number of amides is 1. The molecule has 0 saturated carbocycles. The lowest BCUT2D eigenvalue weighted by Crippen LogP contribution is -2.48. The molecule has 2 fully saturated rings. The fourth-order valence-electron chi connectivity index (χ4n) is 4.11. The zero-order chi connectivity index (χ0) is 20.9. The summed E-state index contributed by atoms with van der Waals surface area (Å²) in [7, 11) is 0. The van der Waals surface area contributed by atoms with Crippen molar-refractivity contribution in [3.8, 4) is 0 Å². The molecule has 1 aromatic heterocycles. The Labute approximate surface area is 177 Å². The van der Waals surface area contributed by atoms with Crippen LogP contribution in [0.25, 0.3) is 6.08 Å². The SMILES string of the molecule is CC1CCCCN1c1ccc(N2CCN(C(=O)/C=C/c3ccccc3F)CC2)nn1. The highest BCUT2D eigenvalue weighted by Gasteiger charge is 2.23. The highest BCUT2D eigenvalue weighted by atomic mass is 19.1. The van der Waals surface area contributed by atoms with Gasteiger partial charge in [0, 0.05) is 50.4 Å². The van der Waals surface area contributed by atoms with Crippen molar-refractivity contribution in [2.24, 2.45) is 0 Å². The number of halogens is 1. The Hall–Kier alpha value is -2.96. The van der Waals surface area contributed by atoms with Gasteiger partial charge in [-0.3, -0.25) is 4.79 Å². The van der Waals surface area contributed by atoms with Crippen molar-refractivity contribution >= 4 is 23.6 Å². The molecule has 0 radical (unpaired) electrons. The molecule has 6 nitrogen and oxygen atoms in total. The molecule has 158 valence electrons. The summed E-state index contributed by atoms with van der Waals surface area (Å²) in [6.45, 7) is 5.89. The van der Waals surface area contributed by atoms with Crippen LogP contribution in [0, 0.1) is 5.82 Å². The van der Waals surface area contributed by atoms with E-state index in [4.69, 9.17) is 0 Å².